The first kappa shape index (κ1) is 23.1. The molecule has 0 radical (unpaired) electrons. The van der Waals surface area contributed by atoms with Gasteiger partial charge in [0.15, 0.2) is 0 Å². The SMILES string of the molecule is COc1ccc(N2C(=O)C(c3ccc(C)c(C)c3)=C(N(C)Cc3ccccc3)C2=O)c(OC)c1. The standard InChI is InChI=1S/C28H28N2O4/c1-18-11-12-21(15-19(18)2)25-26(29(3)17-20-9-7-6-8-10-20)28(32)30(27(25)31)23-14-13-22(33-4)16-24(23)34-5/h6-16H,17H2,1-5H3. The second-order valence-electron chi connectivity index (χ2n) is 8.35. The predicted octanol–water partition coefficient (Wildman–Crippen LogP) is 4.74. The third-order valence-corrected chi connectivity index (χ3v) is 6.13. The van der Waals surface area contributed by atoms with Gasteiger partial charge in [-0.15, -0.1) is 0 Å². The maximum Gasteiger partial charge on any atom is 0.282 e. The first-order valence-corrected chi connectivity index (χ1v) is 11.0. The van der Waals surface area contributed by atoms with Gasteiger partial charge in [0.2, 0.25) is 0 Å². The summed E-state index contributed by atoms with van der Waals surface area (Å²) in [5.41, 5.74) is 5.04. The predicted molar refractivity (Wildman–Crippen MR) is 133 cm³/mol. The number of methoxy groups -OCH3 is 2. The molecule has 0 fully saturated rings. The lowest BCUT2D eigenvalue weighted by molar-refractivity contribution is -0.120. The molecule has 174 valence electrons. The van der Waals surface area contributed by atoms with Gasteiger partial charge in [0.1, 0.15) is 17.2 Å². The molecule has 0 spiro atoms. The average molecular weight is 457 g/mol. The van der Waals surface area contributed by atoms with Gasteiger partial charge in [-0.25, -0.2) is 4.90 Å². The van der Waals surface area contributed by atoms with Crippen molar-refractivity contribution >= 4 is 23.1 Å². The number of nitrogens with zero attached hydrogens (tertiary/aromatic N) is 2. The summed E-state index contributed by atoms with van der Waals surface area (Å²) in [5.74, 6) is 0.183. The largest absolute Gasteiger partial charge is 0.497 e. The molecular formula is C28H28N2O4. The van der Waals surface area contributed by atoms with Crippen molar-refractivity contribution in [3.05, 3.63) is 94.7 Å². The minimum absolute atomic E-state index is 0.356. The van der Waals surface area contributed by atoms with Crippen LogP contribution >= 0.6 is 0 Å². The average Bonchev–Trinajstić information content (AvgIpc) is 3.10. The number of amides is 2. The van der Waals surface area contributed by atoms with Crippen LogP contribution in [0.3, 0.4) is 0 Å². The van der Waals surface area contributed by atoms with E-state index in [1.54, 1.807) is 25.3 Å². The fourth-order valence-electron chi connectivity index (χ4n) is 4.15. The molecule has 0 aliphatic carbocycles. The van der Waals surface area contributed by atoms with Gasteiger partial charge in [0, 0.05) is 19.7 Å². The maximum absolute atomic E-state index is 13.8. The van der Waals surface area contributed by atoms with Crippen LogP contribution in [0.2, 0.25) is 0 Å². The number of rotatable bonds is 7. The van der Waals surface area contributed by atoms with Crippen molar-refractivity contribution in [3.8, 4) is 11.5 Å². The summed E-state index contributed by atoms with van der Waals surface area (Å²) in [5, 5.41) is 0. The fourth-order valence-corrected chi connectivity index (χ4v) is 4.15. The highest BCUT2D eigenvalue weighted by Crippen LogP contribution is 2.40. The number of ether oxygens (including phenoxy) is 2. The molecule has 1 heterocycles. The minimum Gasteiger partial charge on any atom is -0.497 e. The third-order valence-electron chi connectivity index (χ3n) is 6.13. The summed E-state index contributed by atoms with van der Waals surface area (Å²) in [6, 6.07) is 20.7. The Hall–Kier alpha value is -4.06. The molecule has 34 heavy (non-hydrogen) atoms. The van der Waals surface area contributed by atoms with E-state index in [2.05, 4.69) is 0 Å². The molecule has 0 aromatic heterocycles. The Bertz CT molecular complexity index is 1280. The van der Waals surface area contributed by atoms with Crippen LogP contribution in [-0.4, -0.2) is 38.0 Å². The number of imide groups is 1. The highest BCUT2D eigenvalue weighted by molar-refractivity contribution is 6.45. The lowest BCUT2D eigenvalue weighted by atomic mass is 9.99. The normalized spacial score (nSPS) is 13.5. The number of hydrogen-bond acceptors (Lipinski definition) is 5. The van der Waals surface area contributed by atoms with E-state index in [0.29, 0.717) is 40.6 Å². The topological polar surface area (TPSA) is 59.1 Å². The highest BCUT2D eigenvalue weighted by Gasteiger charge is 2.43. The molecule has 2 amide bonds. The maximum atomic E-state index is 13.8. The smallest absolute Gasteiger partial charge is 0.282 e. The summed E-state index contributed by atoms with van der Waals surface area (Å²) in [6.07, 6.45) is 0. The Morgan fingerprint density at radius 1 is 0.824 bits per heavy atom. The van der Waals surface area contributed by atoms with Gasteiger partial charge in [-0.2, -0.15) is 0 Å². The van der Waals surface area contributed by atoms with E-state index in [1.807, 2.05) is 74.3 Å². The molecule has 0 N–H and O–H groups in total. The van der Waals surface area contributed by atoms with E-state index in [0.717, 1.165) is 16.7 Å². The number of likely N-dealkylation sites (N-methyl/N-ethyl adjacent to an activating group) is 1. The van der Waals surface area contributed by atoms with Crippen molar-refractivity contribution in [2.24, 2.45) is 0 Å². The second kappa shape index (κ2) is 9.43. The molecule has 0 saturated carbocycles. The Kier molecular flexibility index (Phi) is 6.41. The Morgan fingerprint density at radius 2 is 1.56 bits per heavy atom. The van der Waals surface area contributed by atoms with E-state index in [9.17, 15) is 9.59 Å². The molecule has 0 bridgehead atoms. The van der Waals surface area contributed by atoms with Crippen LogP contribution in [0.4, 0.5) is 5.69 Å². The van der Waals surface area contributed by atoms with Crippen molar-refractivity contribution in [1.29, 1.82) is 0 Å². The molecule has 4 rings (SSSR count). The van der Waals surface area contributed by atoms with Crippen LogP contribution in [0.25, 0.3) is 5.57 Å². The molecule has 6 nitrogen and oxygen atoms in total. The summed E-state index contributed by atoms with van der Waals surface area (Å²) in [6.45, 7) is 4.50. The number of hydrogen-bond donors (Lipinski definition) is 0. The van der Waals surface area contributed by atoms with Gasteiger partial charge in [-0.1, -0.05) is 48.5 Å². The van der Waals surface area contributed by atoms with Crippen LogP contribution in [-0.2, 0) is 16.1 Å². The van der Waals surface area contributed by atoms with Crippen LogP contribution in [0.15, 0.2) is 72.4 Å². The summed E-state index contributed by atoms with van der Waals surface area (Å²) in [4.78, 5) is 30.7. The molecule has 0 atom stereocenters. The number of aryl methyl sites for hydroxylation is 2. The van der Waals surface area contributed by atoms with Crippen molar-refractivity contribution in [2.45, 2.75) is 20.4 Å². The van der Waals surface area contributed by atoms with Gasteiger partial charge in [0.25, 0.3) is 11.8 Å². The lowest BCUT2D eigenvalue weighted by Crippen LogP contribution is -2.34. The zero-order valence-electron chi connectivity index (χ0n) is 20.1. The lowest BCUT2D eigenvalue weighted by Gasteiger charge is -2.22. The van der Waals surface area contributed by atoms with Crippen LogP contribution in [0, 0.1) is 13.8 Å². The molecule has 0 unspecified atom stereocenters. The monoisotopic (exact) mass is 456 g/mol. The minimum atomic E-state index is -0.389. The van der Waals surface area contributed by atoms with Crippen molar-refractivity contribution in [1.82, 2.24) is 4.90 Å². The number of carbonyl (C=O) groups is 2. The van der Waals surface area contributed by atoms with E-state index in [-0.39, 0.29) is 11.8 Å². The Balaban J connectivity index is 1.84. The second-order valence-corrected chi connectivity index (χ2v) is 8.35. The zero-order valence-corrected chi connectivity index (χ0v) is 20.1. The number of benzene rings is 3. The van der Waals surface area contributed by atoms with Gasteiger partial charge in [0.05, 0.1) is 25.5 Å². The van der Waals surface area contributed by atoms with Gasteiger partial charge < -0.3 is 14.4 Å². The quantitative estimate of drug-likeness (QED) is 0.481. The first-order chi connectivity index (χ1) is 16.3. The van der Waals surface area contributed by atoms with E-state index in [1.165, 1.54) is 12.0 Å². The van der Waals surface area contributed by atoms with Crippen molar-refractivity contribution in [3.63, 3.8) is 0 Å². The third kappa shape index (κ3) is 4.15. The number of carbonyl (C=O) groups excluding carboxylic acids is 2. The number of anilines is 1. The molecule has 6 heteroatoms. The van der Waals surface area contributed by atoms with E-state index >= 15 is 0 Å². The molecule has 3 aromatic carbocycles. The molecule has 0 saturated heterocycles. The fraction of sp³-hybridized carbons (Fsp3) is 0.214. The van der Waals surface area contributed by atoms with Crippen LogP contribution in [0.1, 0.15) is 22.3 Å². The molecule has 3 aromatic rings. The molecule has 1 aliphatic heterocycles. The van der Waals surface area contributed by atoms with Gasteiger partial charge in [-0.3, -0.25) is 9.59 Å². The van der Waals surface area contributed by atoms with Crippen LogP contribution in [0.5, 0.6) is 11.5 Å². The first-order valence-electron chi connectivity index (χ1n) is 11.0. The summed E-state index contributed by atoms with van der Waals surface area (Å²) < 4.78 is 10.8. The molecule has 1 aliphatic rings. The zero-order chi connectivity index (χ0) is 24.4. The van der Waals surface area contributed by atoms with Crippen molar-refractivity contribution < 1.29 is 19.1 Å². The Labute approximate surface area is 200 Å². The highest BCUT2D eigenvalue weighted by atomic mass is 16.5. The summed E-state index contributed by atoms with van der Waals surface area (Å²) >= 11 is 0. The van der Waals surface area contributed by atoms with E-state index in [4.69, 9.17) is 9.47 Å². The van der Waals surface area contributed by atoms with Crippen LogP contribution < -0.4 is 14.4 Å². The Morgan fingerprint density at radius 3 is 2.21 bits per heavy atom. The van der Waals surface area contributed by atoms with E-state index < -0.39 is 0 Å². The van der Waals surface area contributed by atoms with Gasteiger partial charge >= 0.3 is 0 Å². The van der Waals surface area contributed by atoms with Crippen molar-refractivity contribution in [2.75, 3.05) is 26.2 Å². The summed E-state index contributed by atoms with van der Waals surface area (Å²) in [7, 11) is 4.89. The molecular weight excluding hydrogens is 428 g/mol. The van der Waals surface area contributed by atoms with Gasteiger partial charge in [-0.05, 0) is 48.2 Å².